The summed E-state index contributed by atoms with van der Waals surface area (Å²) in [5, 5.41) is 0. The molecular weight excluding hydrogens is 472 g/mol. The maximum Gasteiger partial charge on any atom is 0.343 e. The van der Waals surface area contributed by atoms with Crippen LogP contribution in [0.5, 0.6) is 0 Å². The molecule has 0 amide bonds. The Kier molecular flexibility index (Phi) is 7.15. The fourth-order valence-electron chi connectivity index (χ4n) is 9.58. The van der Waals surface area contributed by atoms with Gasteiger partial charge in [0.05, 0.1) is 12.2 Å². The van der Waals surface area contributed by atoms with Gasteiger partial charge >= 0.3 is 8.56 Å². The van der Waals surface area contributed by atoms with Gasteiger partial charge in [-0.2, -0.15) is 0 Å². The van der Waals surface area contributed by atoms with E-state index < -0.39 is 8.56 Å². The van der Waals surface area contributed by atoms with Crippen molar-refractivity contribution in [2.75, 3.05) is 0 Å². The van der Waals surface area contributed by atoms with E-state index in [9.17, 15) is 4.79 Å². The summed E-state index contributed by atoms with van der Waals surface area (Å²) in [7, 11) is -2.32. The summed E-state index contributed by atoms with van der Waals surface area (Å²) in [6.45, 7) is 21.5. The van der Waals surface area contributed by atoms with E-state index in [1.54, 1.807) is 0 Å². The fourth-order valence-corrected chi connectivity index (χ4v) is 13.7. The summed E-state index contributed by atoms with van der Waals surface area (Å²) in [5.41, 5.74) is 2.50. The molecule has 3 fully saturated rings. The zero-order valence-corrected chi connectivity index (χ0v) is 25.9. The third kappa shape index (κ3) is 4.23. The second-order valence-corrected chi connectivity index (χ2v) is 18.9. The predicted octanol–water partition coefficient (Wildman–Crippen LogP) is 8.41. The van der Waals surface area contributed by atoms with Gasteiger partial charge in [-0.05, 0) is 102 Å². The number of carbonyl (C=O) groups is 1. The van der Waals surface area contributed by atoms with Crippen LogP contribution in [0.3, 0.4) is 0 Å². The lowest BCUT2D eigenvalue weighted by molar-refractivity contribution is -0.110. The summed E-state index contributed by atoms with van der Waals surface area (Å²) in [6, 6.07) is 0. The van der Waals surface area contributed by atoms with Crippen molar-refractivity contribution in [2.45, 2.75) is 118 Å². The van der Waals surface area contributed by atoms with Crippen molar-refractivity contribution in [3.05, 3.63) is 36.0 Å². The van der Waals surface area contributed by atoms with Crippen molar-refractivity contribution < 1.29 is 13.6 Å². The van der Waals surface area contributed by atoms with Crippen molar-refractivity contribution in [1.82, 2.24) is 0 Å². The molecule has 37 heavy (non-hydrogen) atoms. The van der Waals surface area contributed by atoms with Crippen LogP contribution in [-0.4, -0.2) is 26.6 Å². The summed E-state index contributed by atoms with van der Waals surface area (Å²) < 4.78 is 14.2. The summed E-state index contributed by atoms with van der Waals surface area (Å²) in [6.07, 6.45) is 17.6. The first kappa shape index (κ1) is 27.6. The lowest BCUT2D eigenvalue weighted by Gasteiger charge is -2.56. The van der Waals surface area contributed by atoms with Gasteiger partial charge in [-0.25, -0.2) is 0 Å². The van der Waals surface area contributed by atoms with Gasteiger partial charge in [0.15, 0.2) is 5.78 Å². The summed E-state index contributed by atoms with van der Waals surface area (Å²) >= 11 is 0. The van der Waals surface area contributed by atoms with Gasteiger partial charge in [0, 0.05) is 5.41 Å². The quantitative estimate of drug-likeness (QED) is 0.339. The van der Waals surface area contributed by atoms with Crippen molar-refractivity contribution in [3.63, 3.8) is 0 Å². The molecule has 4 heteroatoms. The lowest BCUT2D eigenvalue weighted by Crippen LogP contribution is -2.60. The highest BCUT2D eigenvalue weighted by Gasteiger charge is 2.60. The fraction of sp³-hybridized carbons (Fsp3) is 0.788. The highest BCUT2D eigenvalue weighted by Crippen LogP contribution is 2.66. The van der Waals surface area contributed by atoms with Crippen molar-refractivity contribution in [3.8, 4) is 0 Å². The Hall–Kier alpha value is -0.973. The van der Waals surface area contributed by atoms with Crippen molar-refractivity contribution >= 4 is 14.3 Å². The molecule has 5 rings (SSSR count). The normalized spacial score (nSPS) is 43.6. The number of hydrogen-bond donors (Lipinski definition) is 0. The minimum Gasteiger partial charge on any atom is -0.390 e. The summed E-state index contributed by atoms with van der Waals surface area (Å²) in [4.78, 5) is 12.1. The molecule has 0 radical (unpaired) electrons. The first-order chi connectivity index (χ1) is 17.3. The molecule has 0 aromatic carbocycles. The average molecular weight is 525 g/mol. The predicted molar refractivity (Wildman–Crippen MR) is 154 cm³/mol. The molecule has 2 saturated carbocycles. The van der Waals surface area contributed by atoms with Crippen LogP contribution in [0, 0.1) is 46.3 Å². The van der Waals surface area contributed by atoms with E-state index in [4.69, 9.17) is 8.85 Å². The van der Waals surface area contributed by atoms with Gasteiger partial charge in [0.25, 0.3) is 0 Å². The molecule has 1 aliphatic heterocycles. The minimum absolute atomic E-state index is 0.00635. The third-order valence-electron chi connectivity index (χ3n) is 11.9. The van der Waals surface area contributed by atoms with Gasteiger partial charge in [0.1, 0.15) is 0 Å². The van der Waals surface area contributed by atoms with Gasteiger partial charge < -0.3 is 8.85 Å². The maximum absolute atomic E-state index is 12.1. The molecule has 206 valence electrons. The molecule has 0 aromatic rings. The van der Waals surface area contributed by atoms with Crippen LogP contribution in [0.2, 0.25) is 11.1 Å². The second-order valence-electron chi connectivity index (χ2n) is 14.7. The topological polar surface area (TPSA) is 35.5 Å². The Morgan fingerprint density at radius 3 is 2.22 bits per heavy atom. The highest BCUT2D eigenvalue weighted by molar-refractivity contribution is 6.70. The van der Waals surface area contributed by atoms with Crippen LogP contribution < -0.4 is 0 Å². The molecule has 4 aliphatic carbocycles. The van der Waals surface area contributed by atoms with E-state index >= 15 is 0 Å². The molecule has 5 aliphatic rings. The maximum atomic E-state index is 12.1. The Morgan fingerprint density at radius 1 is 0.892 bits per heavy atom. The monoisotopic (exact) mass is 524 g/mol. The van der Waals surface area contributed by atoms with E-state index in [1.165, 1.54) is 31.3 Å². The van der Waals surface area contributed by atoms with Crippen molar-refractivity contribution in [1.29, 1.82) is 0 Å². The van der Waals surface area contributed by atoms with E-state index in [0.717, 1.165) is 12.3 Å². The third-order valence-corrected chi connectivity index (χ3v) is 16.5. The average Bonchev–Trinajstić information content (AvgIpc) is 3.20. The number of rotatable bonds is 5. The van der Waals surface area contributed by atoms with E-state index in [1.807, 2.05) is 12.2 Å². The molecule has 3 nitrogen and oxygen atoms in total. The Labute approximate surface area is 227 Å². The van der Waals surface area contributed by atoms with Gasteiger partial charge in [0.2, 0.25) is 0 Å². The minimum atomic E-state index is -2.32. The number of hydrogen-bond acceptors (Lipinski definition) is 3. The van der Waals surface area contributed by atoms with Gasteiger partial charge in [-0.3, -0.25) is 4.79 Å². The van der Waals surface area contributed by atoms with Gasteiger partial charge in [-0.1, -0.05) is 80.5 Å². The van der Waals surface area contributed by atoms with Crippen LogP contribution in [0.25, 0.3) is 0 Å². The molecule has 1 saturated heterocycles. The van der Waals surface area contributed by atoms with E-state index in [-0.39, 0.29) is 11.2 Å². The molecule has 0 unspecified atom stereocenters. The second kappa shape index (κ2) is 9.59. The number of fused-ring (bicyclic) bond motifs is 5. The summed E-state index contributed by atoms with van der Waals surface area (Å²) in [5.74, 6) is 3.84. The van der Waals surface area contributed by atoms with E-state index in [0.29, 0.717) is 58.3 Å². The van der Waals surface area contributed by atoms with E-state index in [2.05, 4.69) is 80.5 Å². The highest BCUT2D eigenvalue weighted by atomic mass is 28.4. The molecule has 0 spiro atoms. The first-order valence-corrected chi connectivity index (χ1v) is 17.3. The molecule has 0 bridgehead atoms. The lowest BCUT2D eigenvalue weighted by atomic mass is 9.49. The number of carbonyl (C=O) groups excluding carboxylic acids is 1. The van der Waals surface area contributed by atoms with Crippen LogP contribution in [0.1, 0.15) is 94.4 Å². The molecule has 0 N–H and O–H groups in total. The molecule has 9 atom stereocenters. The number of allylic oxidation sites excluding steroid dienone is 6. The smallest absolute Gasteiger partial charge is 0.343 e. The number of ketones is 1. The molecule has 0 aromatic heterocycles. The van der Waals surface area contributed by atoms with Gasteiger partial charge in [-0.15, -0.1) is 0 Å². The molecule has 1 heterocycles. The zero-order valence-electron chi connectivity index (χ0n) is 24.9. The van der Waals surface area contributed by atoms with Crippen LogP contribution >= 0.6 is 0 Å². The van der Waals surface area contributed by atoms with Crippen LogP contribution in [0.15, 0.2) is 36.0 Å². The molecular formula is C33H52O3Si. The Bertz CT molecular complexity index is 984. The Balaban J connectivity index is 1.41. The Morgan fingerprint density at radius 2 is 1.57 bits per heavy atom. The van der Waals surface area contributed by atoms with Crippen molar-refractivity contribution in [2.24, 2.45) is 46.3 Å². The SMILES string of the molecule is CC(C)[C@@H]1C[C@@H]([C@@H](C)[C@H]2CC[C@H]3[C@@H]4C=CC5=CC(=O)C=C[C@]5(C)[C@H]4CC[C@]23C)O[Si](C(C)C)(C(C)C)O1. The largest absolute Gasteiger partial charge is 0.390 e. The van der Waals surface area contributed by atoms with Crippen LogP contribution in [-0.2, 0) is 13.6 Å². The first-order valence-electron chi connectivity index (χ1n) is 15.3. The van der Waals surface area contributed by atoms with Crippen LogP contribution in [0.4, 0.5) is 0 Å². The standard InChI is InChI=1S/C33H52O3Si/c1-20(2)30-19-31(36-37(35-30,21(3)4)22(5)6)23(7)27-12-13-28-26-11-10-24-18-25(34)14-16-32(24,8)29(26)15-17-33(27,28)9/h10-11,14,16,18,20-23,26-31H,12-13,15,17,19H2,1-9H3/t23-,26-,27+,28-,29-,30-,31-,32-,33+/m0/s1. The zero-order chi connectivity index (χ0) is 26.9.